The first-order chi connectivity index (χ1) is 15.1. The highest BCUT2D eigenvalue weighted by Crippen LogP contribution is 2.31. The molecule has 2 aromatic rings. The fourth-order valence-electron chi connectivity index (χ4n) is 3.95. The summed E-state index contributed by atoms with van der Waals surface area (Å²) >= 11 is 0. The number of hydrogen-bond donors (Lipinski definition) is 3. The number of halogens is 1. The van der Waals surface area contributed by atoms with Gasteiger partial charge in [-0.15, -0.1) is 24.0 Å². The smallest absolute Gasteiger partial charge is 0.225 e. The molecule has 1 aliphatic rings. The summed E-state index contributed by atoms with van der Waals surface area (Å²) in [4.78, 5) is 19.3. The third kappa shape index (κ3) is 7.48. The van der Waals surface area contributed by atoms with E-state index in [1.807, 2.05) is 18.2 Å². The van der Waals surface area contributed by atoms with Gasteiger partial charge in [0.05, 0.1) is 6.54 Å². The summed E-state index contributed by atoms with van der Waals surface area (Å²) in [6, 6.07) is 16.7. The summed E-state index contributed by atoms with van der Waals surface area (Å²) in [6.07, 6.45) is 0.483. The van der Waals surface area contributed by atoms with Gasteiger partial charge >= 0.3 is 0 Å². The Hall–Kier alpha value is -2.13. The number of guanidine groups is 1. The Morgan fingerprint density at radius 2 is 1.81 bits per heavy atom. The first-order valence-corrected chi connectivity index (χ1v) is 11.3. The number of nitrogens with zero attached hydrogens (tertiary/aromatic N) is 2. The minimum absolute atomic E-state index is 0. The van der Waals surface area contributed by atoms with Crippen molar-refractivity contribution in [2.75, 3.05) is 31.5 Å². The van der Waals surface area contributed by atoms with Gasteiger partial charge < -0.3 is 16.0 Å². The van der Waals surface area contributed by atoms with Crippen LogP contribution in [-0.4, -0.2) is 42.9 Å². The van der Waals surface area contributed by atoms with Crippen LogP contribution >= 0.6 is 24.0 Å². The van der Waals surface area contributed by atoms with E-state index in [0.29, 0.717) is 19.5 Å². The zero-order chi connectivity index (χ0) is 22.1. The zero-order valence-electron chi connectivity index (χ0n) is 19.4. The topological polar surface area (TPSA) is 68.8 Å². The second-order valence-corrected chi connectivity index (χ2v) is 7.89. The van der Waals surface area contributed by atoms with Crippen LogP contribution in [0.5, 0.6) is 0 Å². The van der Waals surface area contributed by atoms with Crippen LogP contribution in [0.3, 0.4) is 0 Å². The quantitative estimate of drug-likeness (QED) is 0.248. The van der Waals surface area contributed by atoms with Gasteiger partial charge in [-0.2, -0.15) is 0 Å². The summed E-state index contributed by atoms with van der Waals surface area (Å²) in [6.45, 7) is 11.6. The molecule has 0 bridgehead atoms. The molecule has 0 fully saturated rings. The summed E-state index contributed by atoms with van der Waals surface area (Å²) in [5, 5.41) is 9.72. The van der Waals surface area contributed by atoms with Crippen LogP contribution in [0.25, 0.3) is 0 Å². The van der Waals surface area contributed by atoms with Crippen molar-refractivity contribution in [3.05, 3.63) is 65.2 Å². The van der Waals surface area contributed by atoms with Crippen molar-refractivity contribution in [3.63, 3.8) is 0 Å². The van der Waals surface area contributed by atoms with Gasteiger partial charge in [0, 0.05) is 37.7 Å². The second-order valence-electron chi connectivity index (χ2n) is 7.89. The van der Waals surface area contributed by atoms with Crippen molar-refractivity contribution < 1.29 is 4.79 Å². The van der Waals surface area contributed by atoms with Crippen molar-refractivity contribution in [1.82, 2.24) is 15.5 Å². The molecule has 0 saturated carbocycles. The summed E-state index contributed by atoms with van der Waals surface area (Å²) in [5.41, 5.74) is 4.61. The van der Waals surface area contributed by atoms with Gasteiger partial charge in [0.1, 0.15) is 0 Å². The van der Waals surface area contributed by atoms with E-state index in [4.69, 9.17) is 4.99 Å². The van der Waals surface area contributed by atoms with E-state index < -0.39 is 0 Å². The lowest BCUT2D eigenvalue weighted by atomic mass is 9.90. The molecule has 32 heavy (non-hydrogen) atoms. The highest BCUT2D eigenvalue weighted by Gasteiger charge is 2.24. The summed E-state index contributed by atoms with van der Waals surface area (Å²) in [7, 11) is 0. The number of nitrogens with one attached hydrogen (secondary N) is 3. The van der Waals surface area contributed by atoms with Gasteiger partial charge in [-0.25, -0.2) is 4.99 Å². The lowest BCUT2D eigenvalue weighted by molar-refractivity contribution is -0.116. The molecular weight excluding hydrogens is 513 g/mol. The van der Waals surface area contributed by atoms with Crippen LogP contribution in [0.2, 0.25) is 0 Å². The second kappa shape index (κ2) is 13.4. The number of amides is 1. The van der Waals surface area contributed by atoms with Crippen molar-refractivity contribution in [1.29, 1.82) is 0 Å². The normalized spacial score (nSPS) is 15.6. The van der Waals surface area contributed by atoms with Crippen molar-refractivity contribution in [3.8, 4) is 0 Å². The van der Waals surface area contributed by atoms with E-state index in [-0.39, 0.29) is 35.8 Å². The van der Waals surface area contributed by atoms with Crippen LogP contribution in [0.15, 0.2) is 53.5 Å². The molecule has 7 heteroatoms. The van der Waals surface area contributed by atoms with Crippen LogP contribution in [-0.2, 0) is 17.9 Å². The SMILES string of the molecule is CCNC(=NCc1cccc(CN(CC)CC)c1)NCC1CC(=O)Nc2ccccc21.I. The van der Waals surface area contributed by atoms with Gasteiger partial charge in [-0.3, -0.25) is 9.69 Å². The molecule has 0 aliphatic carbocycles. The average molecular weight is 550 g/mol. The molecule has 3 rings (SSSR count). The van der Waals surface area contributed by atoms with Crippen LogP contribution in [0.1, 0.15) is 49.8 Å². The Balaban J connectivity index is 0.00000363. The molecule has 3 N–H and O–H groups in total. The Labute approximate surface area is 209 Å². The van der Waals surface area contributed by atoms with Gasteiger partial charge in [-0.05, 0) is 42.8 Å². The minimum Gasteiger partial charge on any atom is -0.357 e. The maximum Gasteiger partial charge on any atom is 0.225 e. The van der Waals surface area contributed by atoms with E-state index >= 15 is 0 Å². The zero-order valence-corrected chi connectivity index (χ0v) is 21.7. The molecule has 6 nitrogen and oxygen atoms in total. The van der Waals surface area contributed by atoms with E-state index in [2.05, 4.69) is 72.0 Å². The van der Waals surface area contributed by atoms with E-state index in [0.717, 1.165) is 37.8 Å². The third-order valence-corrected chi connectivity index (χ3v) is 5.68. The van der Waals surface area contributed by atoms with Crippen LogP contribution in [0, 0.1) is 0 Å². The number of carbonyl (C=O) groups is 1. The van der Waals surface area contributed by atoms with Gasteiger partial charge in [-0.1, -0.05) is 56.3 Å². The fourth-order valence-corrected chi connectivity index (χ4v) is 3.95. The lowest BCUT2D eigenvalue weighted by Crippen LogP contribution is -2.40. The Morgan fingerprint density at radius 1 is 1.06 bits per heavy atom. The Kier molecular flexibility index (Phi) is 11.0. The maximum absolute atomic E-state index is 12.1. The molecule has 0 saturated heterocycles. The highest BCUT2D eigenvalue weighted by molar-refractivity contribution is 14.0. The molecule has 0 radical (unpaired) electrons. The van der Waals surface area contributed by atoms with Crippen LogP contribution < -0.4 is 16.0 Å². The number of carbonyl (C=O) groups excluding carboxylic acids is 1. The predicted molar refractivity (Wildman–Crippen MR) is 144 cm³/mol. The number of aliphatic imine (C=N–C) groups is 1. The van der Waals surface area contributed by atoms with Crippen molar-refractivity contribution >= 4 is 41.5 Å². The number of rotatable bonds is 9. The molecule has 0 spiro atoms. The van der Waals surface area contributed by atoms with E-state index in [1.165, 1.54) is 16.7 Å². The predicted octanol–water partition coefficient (Wildman–Crippen LogP) is 4.33. The first kappa shape index (κ1) is 26.1. The Bertz CT molecular complexity index is 897. The number of para-hydroxylation sites is 1. The monoisotopic (exact) mass is 549 g/mol. The van der Waals surface area contributed by atoms with Gasteiger partial charge in [0.15, 0.2) is 5.96 Å². The van der Waals surface area contributed by atoms with E-state index in [9.17, 15) is 4.79 Å². The molecule has 1 unspecified atom stereocenters. The highest BCUT2D eigenvalue weighted by atomic mass is 127. The molecule has 1 atom stereocenters. The Morgan fingerprint density at radius 3 is 2.56 bits per heavy atom. The van der Waals surface area contributed by atoms with Crippen molar-refractivity contribution in [2.45, 2.75) is 46.2 Å². The van der Waals surface area contributed by atoms with Gasteiger partial charge in [0.25, 0.3) is 0 Å². The average Bonchev–Trinajstić information content (AvgIpc) is 2.79. The number of benzene rings is 2. The fraction of sp³-hybridized carbons (Fsp3) is 0.440. The molecule has 1 amide bonds. The minimum atomic E-state index is 0. The molecule has 0 aromatic heterocycles. The number of hydrogen-bond acceptors (Lipinski definition) is 3. The lowest BCUT2D eigenvalue weighted by Gasteiger charge is -2.26. The molecule has 174 valence electrons. The molecule has 2 aromatic carbocycles. The third-order valence-electron chi connectivity index (χ3n) is 5.68. The standard InChI is InChI=1S/C25H35N5O.HI/c1-4-26-25(27-16-19-10-9-11-20(14-19)18-30(5-2)6-3)28-17-21-15-24(31)29-23-13-8-7-12-22(21)23;/h7-14,21H,4-6,15-18H2,1-3H3,(H,29,31)(H2,26,27,28);1H. The first-order valence-electron chi connectivity index (χ1n) is 11.3. The summed E-state index contributed by atoms with van der Waals surface area (Å²) < 4.78 is 0. The summed E-state index contributed by atoms with van der Waals surface area (Å²) in [5.74, 6) is 0.976. The largest absolute Gasteiger partial charge is 0.357 e. The molecule has 1 aliphatic heterocycles. The van der Waals surface area contributed by atoms with Crippen molar-refractivity contribution in [2.24, 2.45) is 4.99 Å². The molecular formula is C25H36IN5O. The van der Waals surface area contributed by atoms with Crippen LogP contribution in [0.4, 0.5) is 5.69 Å². The number of anilines is 1. The van der Waals surface area contributed by atoms with E-state index in [1.54, 1.807) is 0 Å². The maximum atomic E-state index is 12.1. The number of fused-ring (bicyclic) bond motifs is 1. The molecule has 1 heterocycles. The van der Waals surface area contributed by atoms with Gasteiger partial charge in [0.2, 0.25) is 5.91 Å².